The third-order valence-electron chi connectivity index (χ3n) is 3.64. The lowest BCUT2D eigenvalue weighted by Crippen LogP contribution is -2.19. The van der Waals surface area contributed by atoms with Gasteiger partial charge in [0.1, 0.15) is 10.8 Å². The van der Waals surface area contributed by atoms with E-state index in [1.54, 1.807) is 6.92 Å². The van der Waals surface area contributed by atoms with Gasteiger partial charge in [-0.25, -0.2) is 9.37 Å². The summed E-state index contributed by atoms with van der Waals surface area (Å²) in [6.45, 7) is 3.06. The lowest BCUT2D eigenvalue weighted by Gasteiger charge is -2.22. The molecule has 0 radical (unpaired) electrons. The second-order valence-electron chi connectivity index (χ2n) is 5.37. The molecular weight excluding hydrogens is 397 g/mol. The molecule has 0 bridgehead atoms. The van der Waals surface area contributed by atoms with E-state index in [0.717, 1.165) is 23.5 Å². The van der Waals surface area contributed by atoms with Gasteiger partial charge in [0.25, 0.3) is 5.41 Å². The van der Waals surface area contributed by atoms with Gasteiger partial charge in [0.15, 0.2) is 0 Å². The summed E-state index contributed by atoms with van der Waals surface area (Å²) in [7, 11) is -5.11. The number of ether oxygens (including phenoxy) is 1. The van der Waals surface area contributed by atoms with Crippen molar-refractivity contribution < 1.29 is 36.7 Å². The molecule has 1 heterocycles. The van der Waals surface area contributed by atoms with E-state index in [-0.39, 0.29) is 10.7 Å². The second-order valence-corrected chi connectivity index (χ2v) is 8.25. The van der Waals surface area contributed by atoms with Gasteiger partial charge >= 0.3 is 14.0 Å². The second kappa shape index (κ2) is 7.26. The number of benzene rings is 1. The van der Waals surface area contributed by atoms with Crippen LogP contribution in [0.2, 0.25) is 0 Å². The average Bonchev–Trinajstić information content (AvgIpc) is 2.97. The van der Waals surface area contributed by atoms with Gasteiger partial charge < -0.3 is 14.5 Å². The number of rotatable bonds is 6. The molecule has 1 unspecified atom stereocenters. The molecule has 5 nitrogen and oxygen atoms in total. The quantitative estimate of drug-likeness (QED) is 0.516. The van der Waals surface area contributed by atoms with Crippen molar-refractivity contribution in [1.82, 2.24) is 4.98 Å². The van der Waals surface area contributed by atoms with Crippen LogP contribution in [0.15, 0.2) is 24.3 Å². The summed E-state index contributed by atoms with van der Waals surface area (Å²) >= 11 is 0.837. The van der Waals surface area contributed by atoms with Crippen molar-refractivity contribution in [2.45, 2.75) is 38.5 Å². The van der Waals surface area contributed by atoms with E-state index >= 15 is 0 Å². The summed E-state index contributed by atoms with van der Waals surface area (Å²) in [5.41, 5.74) is 0.665. The number of aromatic nitrogens is 1. The zero-order valence-corrected chi connectivity index (χ0v) is 15.5. The van der Waals surface area contributed by atoms with Gasteiger partial charge in [-0.1, -0.05) is 13.8 Å². The van der Waals surface area contributed by atoms with Crippen LogP contribution in [0, 0.1) is 0 Å². The first kappa shape index (κ1) is 20.8. The van der Waals surface area contributed by atoms with Crippen molar-refractivity contribution in [1.29, 1.82) is 0 Å². The number of halogens is 4. The molecule has 0 aliphatic rings. The molecule has 0 aliphatic carbocycles. The Labute approximate surface area is 150 Å². The minimum atomic E-state index is -5.11. The van der Waals surface area contributed by atoms with E-state index in [1.165, 1.54) is 19.1 Å². The topological polar surface area (TPSA) is 79.7 Å². The highest BCUT2D eigenvalue weighted by atomic mass is 32.1. The highest BCUT2D eigenvalue weighted by Gasteiger charge is 2.50. The number of thiazole rings is 1. The molecule has 2 N–H and O–H groups in total. The number of alkyl halides is 4. The fourth-order valence-electron chi connectivity index (χ4n) is 2.28. The normalized spacial score (nSPS) is 14.9. The molecule has 26 heavy (non-hydrogen) atoms. The van der Waals surface area contributed by atoms with Crippen LogP contribution >= 0.6 is 18.9 Å². The fraction of sp³-hybridized carbons (Fsp3) is 0.400. The average molecular weight is 413 g/mol. The molecule has 0 saturated carbocycles. The summed E-state index contributed by atoms with van der Waals surface area (Å²) in [4.78, 5) is 23.3. The highest BCUT2D eigenvalue weighted by Crippen LogP contribution is 2.61. The smallest absolute Gasteiger partial charge is 0.406 e. The van der Waals surface area contributed by atoms with E-state index in [0.29, 0.717) is 16.9 Å². The van der Waals surface area contributed by atoms with Crippen molar-refractivity contribution in [3.8, 4) is 17.0 Å². The lowest BCUT2D eigenvalue weighted by atomic mass is 10.1. The predicted octanol–water partition coefficient (Wildman–Crippen LogP) is 4.98. The molecule has 1 aromatic carbocycles. The van der Waals surface area contributed by atoms with Crippen molar-refractivity contribution >= 4 is 18.9 Å². The van der Waals surface area contributed by atoms with Crippen molar-refractivity contribution in [2.75, 3.05) is 0 Å². The van der Waals surface area contributed by atoms with Gasteiger partial charge in [-0.15, -0.1) is 24.5 Å². The largest absolute Gasteiger partial charge is 0.573 e. The van der Waals surface area contributed by atoms with Crippen LogP contribution in [0.25, 0.3) is 11.3 Å². The van der Waals surface area contributed by atoms with Gasteiger partial charge in [-0.2, -0.15) is 0 Å². The Bertz CT molecular complexity index is 818. The van der Waals surface area contributed by atoms with Crippen molar-refractivity contribution in [3.63, 3.8) is 0 Å². The standard InChI is InChI=1S/C15H16F4NO4PS/c1-3-11-12(9-5-7-10(8-6-9)24-15(17,18)19)20-13(26-11)14(16,4-2)25(21,22)23/h5-8H,3-4H2,1-2H3,(H2,21,22,23). The Morgan fingerprint density at radius 1 is 1.15 bits per heavy atom. The zero-order chi connectivity index (χ0) is 19.8. The molecule has 0 aliphatic heterocycles. The zero-order valence-electron chi connectivity index (χ0n) is 13.7. The minimum Gasteiger partial charge on any atom is -0.406 e. The molecule has 2 aromatic rings. The fourth-order valence-corrected chi connectivity index (χ4v) is 4.56. The molecule has 2 rings (SSSR count). The first-order chi connectivity index (χ1) is 11.9. The monoisotopic (exact) mass is 413 g/mol. The molecular formula is C15H16F4NO4PS. The van der Waals surface area contributed by atoms with Crippen LogP contribution in [0.4, 0.5) is 17.6 Å². The number of aryl methyl sites for hydroxylation is 1. The van der Waals surface area contributed by atoms with Crippen LogP contribution < -0.4 is 4.74 Å². The Balaban J connectivity index is 2.45. The van der Waals surface area contributed by atoms with Crippen LogP contribution in [0.1, 0.15) is 30.2 Å². The molecule has 1 atom stereocenters. The predicted molar refractivity (Wildman–Crippen MR) is 88.7 cm³/mol. The SMILES string of the molecule is CCc1sc(C(F)(CC)P(=O)(O)O)nc1-c1ccc(OC(F)(F)F)cc1. The third-order valence-corrected chi connectivity index (χ3v) is 6.58. The Morgan fingerprint density at radius 3 is 2.15 bits per heavy atom. The summed E-state index contributed by atoms with van der Waals surface area (Å²) in [5.74, 6) is -0.418. The first-order valence-electron chi connectivity index (χ1n) is 7.52. The minimum absolute atomic E-state index is 0.273. The molecule has 144 valence electrons. The Kier molecular flexibility index (Phi) is 5.82. The summed E-state index contributed by atoms with van der Waals surface area (Å²) in [5, 5.41) is -3.25. The summed E-state index contributed by atoms with van der Waals surface area (Å²) in [6.07, 6.45) is -4.87. The number of hydrogen-bond acceptors (Lipinski definition) is 4. The molecule has 0 amide bonds. The Hall–Kier alpha value is -1.48. The van der Waals surface area contributed by atoms with Crippen LogP contribution in [0.3, 0.4) is 0 Å². The molecule has 0 spiro atoms. The van der Waals surface area contributed by atoms with Gasteiger partial charge in [0.05, 0.1) is 5.69 Å². The van der Waals surface area contributed by atoms with E-state index in [2.05, 4.69) is 9.72 Å². The number of hydrogen-bond donors (Lipinski definition) is 2. The first-order valence-corrected chi connectivity index (χ1v) is 9.95. The van der Waals surface area contributed by atoms with Crippen LogP contribution in [-0.2, 0) is 16.4 Å². The van der Waals surface area contributed by atoms with Gasteiger partial charge in [-0.3, -0.25) is 4.57 Å². The van der Waals surface area contributed by atoms with Gasteiger partial charge in [-0.05, 0) is 37.1 Å². The number of nitrogens with zero attached hydrogens (tertiary/aromatic N) is 1. The lowest BCUT2D eigenvalue weighted by molar-refractivity contribution is -0.274. The molecule has 0 saturated heterocycles. The van der Waals surface area contributed by atoms with Crippen molar-refractivity contribution in [2.24, 2.45) is 0 Å². The van der Waals surface area contributed by atoms with Crippen LogP contribution in [0.5, 0.6) is 5.75 Å². The molecule has 11 heteroatoms. The highest BCUT2D eigenvalue weighted by molar-refractivity contribution is 7.53. The molecule has 0 fully saturated rings. The van der Waals surface area contributed by atoms with Crippen LogP contribution in [-0.4, -0.2) is 21.1 Å². The Morgan fingerprint density at radius 2 is 1.73 bits per heavy atom. The maximum Gasteiger partial charge on any atom is 0.573 e. The maximum absolute atomic E-state index is 14.9. The van der Waals surface area contributed by atoms with E-state index in [1.807, 2.05) is 0 Å². The van der Waals surface area contributed by atoms with E-state index in [4.69, 9.17) is 0 Å². The van der Waals surface area contributed by atoms with Gasteiger partial charge in [0, 0.05) is 10.4 Å². The van der Waals surface area contributed by atoms with Crippen molar-refractivity contribution in [3.05, 3.63) is 34.2 Å². The van der Waals surface area contributed by atoms with Gasteiger partial charge in [0.2, 0.25) is 0 Å². The maximum atomic E-state index is 14.9. The summed E-state index contributed by atoms with van der Waals surface area (Å²) < 4.78 is 66.9. The summed E-state index contributed by atoms with van der Waals surface area (Å²) in [6, 6.07) is 4.82. The third kappa shape index (κ3) is 4.25. The van der Waals surface area contributed by atoms with E-state index < -0.39 is 31.5 Å². The molecule has 1 aromatic heterocycles. The van der Waals surface area contributed by atoms with E-state index in [9.17, 15) is 31.9 Å².